The van der Waals surface area contributed by atoms with Crippen LogP contribution < -0.4 is 15.1 Å². The van der Waals surface area contributed by atoms with Crippen LogP contribution in [0.3, 0.4) is 0 Å². The molecule has 22 heavy (non-hydrogen) atoms. The van der Waals surface area contributed by atoms with Crippen molar-refractivity contribution in [2.45, 2.75) is 0 Å². The van der Waals surface area contributed by atoms with Crippen molar-refractivity contribution in [3.05, 3.63) is 46.9 Å². The summed E-state index contributed by atoms with van der Waals surface area (Å²) in [6.45, 7) is 0. The normalized spacial score (nSPS) is 10.7. The predicted octanol–water partition coefficient (Wildman–Crippen LogP) is 2.32. The minimum atomic E-state index is -0.102. The first-order chi connectivity index (χ1) is 10.6. The SMILES string of the molecule is COc1ccc(-c2nccc3c(=O)cc(N(C)C)oc23)cn1. The molecule has 112 valence electrons. The standard InChI is InChI=1S/C16H15N3O3/c1-19(2)14-8-12(20)11-6-7-17-15(16(11)22-14)10-4-5-13(21-3)18-9-10/h4-9H,1-3H3. The number of rotatable bonds is 3. The van der Waals surface area contributed by atoms with Crippen LogP contribution in [0.1, 0.15) is 0 Å². The maximum absolute atomic E-state index is 12.2. The lowest BCUT2D eigenvalue weighted by molar-refractivity contribution is 0.398. The summed E-state index contributed by atoms with van der Waals surface area (Å²) < 4.78 is 10.9. The number of aromatic nitrogens is 2. The predicted molar refractivity (Wildman–Crippen MR) is 84.4 cm³/mol. The maximum Gasteiger partial charge on any atom is 0.212 e. The van der Waals surface area contributed by atoms with E-state index in [4.69, 9.17) is 9.15 Å². The van der Waals surface area contributed by atoms with E-state index < -0.39 is 0 Å². The zero-order valence-corrected chi connectivity index (χ0v) is 12.5. The highest BCUT2D eigenvalue weighted by Gasteiger charge is 2.13. The summed E-state index contributed by atoms with van der Waals surface area (Å²) in [5.74, 6) is 0.993. The fraction of sp³-hybridized carbons (Fsp3) is 0.188. The molecule has 0 aliphatic carbocycles. The van der Waals surface area contributed by atoms with Gasteiger partial charge in [0.1, 0.15) is 5.69 Å². The van der Waals surface area contributed by atoms with Crippen LogP contribution in [-0.2, 0) is 0 Å². The van der Waals surface area contributed by atoms with Crippen LogP contribution in [0.5, 0.6) is 5.88 Å². The molecule has 6 heteroatoms. The lowest BCUT2D eigenvalue weighted by atomic mass is 10.1. The van der Waals surface area contributed by atoms with E-state index in [9.17, 15) is 4.79 Å². The van der Waals surface area contributed by atoms with E-state index >= 15 is 0 Å². The van der Waals surface area contributed by atoms with E-state index in [-0.39, 0.29) is 5.43 Å². The van der Waals surface area contributed by atoms with Crippen LogP contribution in [0, 0.1) is 0 Å². The molecule has 0 bridgehead atoms. The molecule has 0 unspecified atom stereocenters. The highest BCUT2D eigenvalue weighted by Crippen LogP contribution is 2.27. The van der Waals surface area contributed by atoms with Crippen molar-refractivity contribution in [3.8, 4) is 17.1 Å². The Balaban J connectivity index is 2.26. The van der Waals surface area contributed by atoms with Crippen molar-refractivity contribution in [3.63, 3.8) is 0 Å². The Labute approximate surface area is 127 Å². The molecule has 3 aromatic rings. The summed E-state index contributed by atoms with van der Waals surface area (Å²) in [5.41, 5.74) is 1.68. The highest BCUT2D eigenvalue weighted by molar-refractivity contribution is 5.89. The Morgan fingerprint density at radius 3 is 2.64 bits per heavy atom. The fourth-order valence-corrected chi connectivity index (χ4v) is 2.14. The van der Waals surface area contributed by atoms with Gasteiger partial charge < -0.3 is 14.1 Å². The first-order valence-corrected chi connectivity index (χ1v) is 6.71. The summed E-state index contributed by atoms with van der Waals surface area (Å²) in [5, 5.41) is 0.492. The molecular weight excluding hydrogens is 282 g/mol. The summed E-state index contributed by atoms with van der Waals surface area (Å²) in [7, 11) is 5.19. The second kappa shape index (κ2) is 5.48. The third-order valence-electron chi connectivity index (χ3n) is 3.29. The summed E-state index contributed by atoms with van der Waals surface area (Å²) in [6.07, 6.45) is 3.23. The number of methoxy groups -OCH3 is 1. The number of hydrogen-bond acceptors (Lipinski definition) is 6. The fourth-order valence-electron chi connectivity index (χ4n) is 2.14. The number of fused-ring (bicyclic) bond motifs is 1. The van der Waals surface area contributed by atoms with Crippen LogP contribution >= 0.6 is 0 Å². The Hall–Kier alpha value is -2.89. The maximum atomic E-state index is 12.2. The Morgan fingerprint density at radius 1 is 1.18 bits per heavy atom. The van der Waals surface area contributed by atoms with Crippen LogP contribution in [-0.4, -0.2) is 31.2 Å². The van der Waals surface area contributed by atoms with Crippen molar-refractivity contribution in [2.75, 3.05) is 26.1 Å². The van der Waals surface area contributed by atoms with Gasteiger partial charge in [-0.1, -0.05) is 0 Å². The van der Waals surface area contributed by atoms with Gasteiger partial charge in [-0.05, 0) is 12.1 Å². The number of ether oxygens (including phenoxy) is 1. The van der Waals surface area contributed by atoms with Crippen LogP contribution in [0.25, 0.3) is 22.2 Å². The zero-order chi connectivity index (χ0) is 15.7. The number of hydrogen-bond donors (Lipinski definition) is 0. The molecule has 0 saturated carbocycles. The third-order valence-corrected chi connectivity index (χ3v) is 3.29. The van der Waals surface area contributed by atoms with Gasteiger partial charge in [-0.2, -0.15) is 0 Å². The second-order valence-electron chi connectivity index (χ2n) is 4.97. The molecule has 0 amide bonds. The van der Waals surface area contributed by atoms with E-state index in [0.717, 1.165) is 5.56 Å². The second-order valence-corrected chi connectivity index (χ2v) is 4.97. The number of pyridine rings is 2. The Morgan fingerprint density at radius 2 is 2.00 bits per heavy atom. The first-order valence-electron chi connectivity index (χ1n) is 6.71. The van der Waals surface area contributed by atoms with E-state index in [1.807, 2.05) is 20.2 Å². The lowest BCUT2D eigenvalue weighted by Gasteiger charge is -2.12. The van der Waals surface area contributed by atoms with Crippen LogP contribution in [0.2, 0.25) is 0 Å². The van der Waals surface area contributed by atoms with Crippen molar-refractivity contribution >= 4 is 16.9 Å². The molecule has 3 rings (SSSR count). The molecule has 3 aromatic heterocycles. The van der Waals surface area contributed by atoms with Crippen molar-refractivity contribution < 1.29 is 9.15 Å². The quantitative estimate of drug-likeness (QED) is 0.739. The summed E-state index contributed by atoms with van der Waals surface area (Å²) in [4.78, 5) is 22.5. The van der Waals surface area contributed by atoms with Gasteiger partial charge in [-0.3, -0.25) is 9.78 Å². The van der Waals surface area contributed by atoms with Crippen LogP contribution in [0.4, 0.5) is 5.88 Å². The molecule has 0 aliphatic heterocycles. The highest BCUT2D eigenvalue weighted by atomic mass is 16.5. The van der Waals surface area contributed by atoms with Gasteiger partial charge in [0.25, 0.3) is 0 Å². The molecule has 6 nitrogen and oxygen atoms in total. The molecule has 0 fully saturated rings. The smallest absolute Gasteiger partial charge is 0.212 e. The zero-order valence-electron chi connectivity index (χ0n) is 12.5. The van der Waals surface area contributed by atoms with E-state index in [1.54, 1.807) is 36.5 Å². The Bertz CT molecular complexity index is 870. The van der Waals surface area contributed by atoms with Gasteiger partial charge in [-0.15, -0.1) is 0 Å². The average Bonchev–Trinajstić information content (AvgIpc) is 2.54. The molecule has 0 radical (unpaired) electrons. The topological polar surface area (TPSA) is 68.5 Å². The molecule has 0 spiro atoms. The van der Waals surface area contributed by atoms with Gasteiger partial charge in [-0.25, -0.2) is 4.98 Å². The van der Waals surface area contributed by atoms with Crippen molar-refractivity contribution in [2.24, 2.45) is 0 Å². The molecule has 3 heterocycles. The third kappa shape index (κ3) is 2.39. The minimum absolute atomic E-state index is 0.102. The van der Waals surface area contributed by atoms with E-state index in [0.29, 0.717) is 28.4 Å². The molecule has 0 aliphatic rings. The molecular formula is C16H15N3O3. The molecule has 0 saturated heterocycles. The molecule has 0 aromatic carbocycles. The van der Waals surface area contributed by atoms with Gasteiger partial charge in [0.2, 0.25) is 5.88 Å². The van der Waals surface area contributed by atoms with Crippen molar-refractivity contribution in [1.82, 2.24) is 9.97 Å². The average molecular weight is 297 g/mol. The van der Waals surface area contributed by atoms with Gasteiger partial charge in [0.15, 0.2) is 16.9 Å². The lowest BCUT2D eigenvalue weighted by Crippen LogP contribution is -2.12. The summed E-state index contributed by atoms with van der Waals surface area (Å²) in [6, 6.07) is 6.69. The largest absolute Gasteiger partial charge is 0.481 e. The van der Waals surface area contributed by atoms with Crippen molar-refractivity contribution in [1.29, 1.82) is 0 Å². The van der Waals surface area contributed by atoms with Gasteiger partial charge >= 0.3 is 0 Å². The Kier molecular flexibility index (Phi) is 3.50. The number of nitrogens with zero attached hydrogens (tertiary/aromatic N) is 3. The van der Waals surface area contributed by atoms with Crippen LogP contribution in [0.15, 0.2) is 45.9 Å². The minimum Gasteiger partial charge on any atom is -0.481 e. The number of anilines is 1. The van der Waals surface area contributed by atoms with E-state index in [2.05, 4.69) is 9.97 Å². The molecule has 0 N–H and O–H groups in total. The summed E-state index contributed by atoms with van der Waals surface area (Å²) >= 11 is 0. The monoisotopic (exact) mass is 297 g/mol. The molecule has 0 atom stereocenters. The van der Waals surface area contributed by atoms with Gasteiger partial charge in [0.05, 0.1) is 12.5 Å². The van der Waals surface area contributed by atoms with E-state index in [1.165, 1.54) is 6.07 Å². The first kappa shape index (κ1) is 14.1. The van der Waals surface area contributed by atoms with Gasteiger partial charge in [0, 0.05) is 44.2 Å².